The minimum atomic E-state index is -1.80. The van der Waals surface area contributed by atoms with Crippen LogP contribution in [0.3, 0.4) is 0 Å². The van der Waals surface area contributed by atoms with E-state index < -0.39 is 123 Å². The number of carbonyl (C=O) groups is 3. The van der Waals surface area contributed by atoms with Crippen molar-refractivity contribution < 1.29 is 97.5 Å². The molecule has 0 aromatic rings. The van der Waals surface area contributed by atoms with Crippen LogP contribution < -0.4 is 0 Å². The molecule has 4 saturated carbocycles. The topological polar surface area (TPSA) is 285 Å². The SMILES string of the molecule is CO[C@H]1[C@@H](OC(C)=O)[C@@H](C)O[C@@H](OC[C@H]2O[C@@H](OC[C@@H]3O[C@H](O[C@H]4CC[C@]5(C)[C@@H](CC[C@H]6[C@H]5CC[C@@]5(C)[C@H](C7=CC(=O)OC7)CC[C@]65O)C4)[C@@H](O)[C@@H](O)[C@H]3O)[C@H](O)[C@H](O)[C@@H]2O)[C@@H]1OC(C)=O. The highest BCUT2D eigenvalue weighted by molar-refractivity contribution is 5.85. The van der Waals surface area contributed by atoms with Gasteiger partial charge in [-0.25, -0.2) is 4.79 Å². The average Bonchev–Trinajstić information content (AvgIpc) is 3.82. The smallest absolute Gasteiger partial charge is 0.331 e. The average molecular weight is 943 g/mol. The van der Waals surface area contributed by atoms with E-state index in [1.54, 1.807) is 13.0 Å². The third kappa shape index (κ3) is 8.99. The fourth-order valence-electron chi connectivity index (χ4n) is 13.5. The largest absolute Gasteiger partial charge is 0.458 e. The number of ether oxygens (including phenoxy) is 10. The van der Waals surface area contributed by atoms with Crippen LogP contribution in [0.2, 0.25) is 0 Å². The first-order valence-corrected chi connectivity index (χ1v) is 23.6. The van der Waals surface area contributed by atoms with E-state index in [2.05, 4.69) is 13.8 Å². The van der Waals surface area contributed by atoms with Crippen molar-refractivity contribution in [3.05, 3.63) is 11.6 Å². The number of rotatable bonds is 12. The summed E-state index contributed by atoms with van der Waals surface area (Å²) in [6, 6.07) is 0. The van der Waals surface area contributed by atoms with E-state index in [0.29, 0.717) is 31.8 Å². The van der Waals surface area contributed by atoms with Crippen LogP contribution in [0.4, 0.5) is 0 Å². The molecule has 8 rings (SSSR count). The number of cyclic esters (lactones) is 1. The lowest BCUT2D eigenvalue weighted by Gasteiger charge is -2.64. The fraction of sp³-hybridized carbons (Fsp3) is 0.891. The highest BCUT2D eigenvalue weighted by Gasteiger charge is 2.68. The molecule has 8 aliphatic rings. The Morgan fingerprint density at radius 3 is 1.95 bits per heavy atom. The number of hydrogen-bond donors (Lipinski definition) is 7. The van der Waals surface area contributed by atoms with Crippen molar-refractivity contribution in [2.24, 2.45) is 34.5 Å². The molecule has 20 nitrogen and oxygen atoms in total. The maximum atomic E-state index is 12.6. The van der Waals surface area contributed by atoms with Gasteiger partial charge in [-0.15, -0.1) is 0 Å². The molecule has 0 radical (unpaired) electrons. The Labute approximate surface area is 384 Å². The monoisotopic (exact) mass is 942 g/mol. The lowest BCUT2D eigenvalue weighted by molar-refractivity contribution is -0.345. The van der Waals surface area contributed by atoms with Gasteiger partial charge in [-0.1, -0.05) is 13.8 Å². The zero-order valence-electron chi connectivity index (χ0n) is 38.5. The number of aliphatic hydroxyl groups is 7. The third-order valence-electron chi connectivity index (χ3n) is 17.1. The summed E-state index contributed by atoms with van der Waals surface area (Å²) in [6.45, 7) is 7.81. The molecule has 7 fully saturated rings. The molecule has 23 atom stereocenters. The van der Waals surface area contributed by atoms with E-state index in [4.69, 9.17) is 47.4 Å². The van der Waals surface area contributed by atoms with Crippen LogP contribution in [0.5, 0.6) is 0 Å². The third-order valence-corrected chi connectivity index (χ3v) is 17.1. The number of methoxy groups -OCH3 is 1. The Morgan fingerprint density at radius 1 is 0.712 bits per heavy atom. The van der Waals surface area contributed by atoms with Gasteiger partial charge in [0, 0.05) is 32.4 Å². The molecule has 66 heavy (non-hydrogen) atoms. The number of hydrogen-bond acceptors (Lipinski definition) is 20. The van der Waals surface area contributed by atoms with Gasteiger partial charge in [0.05, 0.1) is 31.0 Å². The van der Waals surface area contributed by atoms with Crippen molar-refractivity contribution in [3.63, 3.8) is 0 Å². The predicted molar refractivity (Wildman–Crippen MR) is 222 cm³/mol. The fourth-order valence-corrected chi connectivity index (χ4v) is 13.5. The summed E-state index contributed by atoms with van der Waals surface area (Å²) in [7, 11) is 1.33. The molecule has 0 aromatic heterocycles. The molecule has 4 aliphatic carbocycles. The van der Waals surface area contributed by atoms with Crippen molar-refractivity contribution >= 4 is 17.9 Å². The van der Waals surface area contributed by atoms with Crippen LogP contribution in [-0.4, -0.2) is 184 Å². The van der Waals surface area contributed by atoms with Crippen LogP contribution in [0, 0.1) is 34.5 Å². The molecular weight excluding hydrogens is 872 g/mol. The van der Waals surface area contributed by atoms with Crippen molar-refractivity contribution in [1.82, 2.24) is 0 Å². The zero-order chi connectivity index (χ0) is 47.6. The van der Waals surface area contributed by atoms with Crippen LogP contribution in [0.15, 0.2) is 11.6 Å². The normalized spacial score (nSPS) is 50.3. The lowest BCUT2D eigenvalue weighted by atomic mass is 9.43. The molecule has 20 heteroatoms. The quantitative estimate of drug-likeness (QED) is 0.0764. The van der Waals surface area contributed by atoms with Crippen molar-refractivity contribution in [2.45, 2.75) is 196 Å². The van der Waals surface area contributed by atoms with Gasteiger partial charge in [0.25, 0.3) is 0 Å². The van der Waals surface area contributed by atoms with E-state index in [9.17, 15) is 50.1 Å². The van der Waals surface area contributed by atoms with Gasteiger partial charge < -0.3 is 83.1 Å². The molecule has 7 N–H and O–H groups in total. The lowest BCUT2D eigenvalue weighted by Crippen LogP contribution is -2.63. The predicted octanol–water partition coefficient (Wildman–Crippen LogP) is -0.0998. The minimum absolute atomic E-state index is 0.0594. The Hall–Kier alpha value is -2.41. The van der Waals surface area contributed by atoms with Gasteiger partial charge in [0.15, 0.2) is 31.1 Å². The van der Waals surface area contributed by atoms with Crippen LogP contribution >= 0.6 is 0 Å². The second-order valence-electron chi connectivity index (χ2n) is 20.6. The molecule has 4 heterocycles. The Kier molecular flexibility index (Phi) is 14.7. The summed E-state index contributed by atoms with van der Waals surface area (Å²) >= 11 is 0. The number of fused-ring (bicyclic) bond motifs is 5. The molecule has 0 spiro atoms. The Bertz CT molecular complexity index is 1800. The number of aliphatic hydroxyl groups excluding tert-OH is 6. The second kappa shape index (κ2) is 19.4. The van der Waals surface area contributed by atoms with E-state index in [1.165, 1.54) is 14.0 Å². The van der Waals surface area contributed by atoms with E-state index in [-0.39, 0.29) is 40.7 Å². The summed E-state index contributed by atoms with van der Waals surface area (Å²) in [5.74, 6) is -0.830. The van der Waals surface area contributed by atoms with Gasteiger partial charge in [-0.3, -0.25) is 9.59 Å². The molecule has 374 valence electrons. The Morgan fingerprint density at radius 2 is 1.33 bits per heavy atom. The molecule has 0 unspecified atom stereocenters. The van der Waals surface area contributed by atoms with Gasteiger partial charge in [0.2, 0.25) is 0 Å². The molecule has 0 aromatic carbocycles. The Balaban J connectivity index is 0.869. The molecule has 0 bridgehead atoms. The maximum Gasteiger partial charge on any atom is 0.331 e. The standard InChI is InChI=1S/C46H70O20/c1-20-38(62-21(2)47)39(57-6)40(63-22(3)48)43(61-20)60-19-29-32(50)34(52)36(54)41(65-29)59-18-30-33(51)35(53)37(55)42(66-30)64-25-9-12-44(4)24(16-25)7-8-28-27(44)10-13-45(5)26(11-14-46(28,45)56)23-15-31(49)58-17-23/h15,20,24-30,32-43,50-56H,7-14,16-19H2,1-6H3/t20-,24+,25+,26+,27-,28+,29-,30+,32-,33+,34-,35+,36-,37+,38+,39+,40-,41-,42+,43-,44-,45+,46+/m1/s1. The highest BCUT2D eigenvalue weighted by Crippen LogP contribution is 2.70. The highest BCUT2D eigenvalue weighted by atomic mass is 16.8. The first kappa shape index (κ1) is 50.0. The number of esters is 3. The van der Waals surface area contributed by atoms with Gasteiger partial charge in [0.1, 0.15) is 61.5 Å². The number of carbonyl (C=O) groups excluding carboxylic acids is 3. The van der Waals surface area contributed by atoms with E-state index >= 15 is 0 Å². The molecule has 0 amide bonds. The van der Waals surface area contributed by atoms with Crippen LogP contribution in [0.1, 0.15) is 92.4 Å². The minimum Gasteiger partial charge on any atom is -0.458 e. The molecule has 4 aliphatic heterocycles. The van der Waals surface area contributed by atoms with Crippen molar-refractivity contribution in [3.8, 4) is 0 Å². The summed E-state index contributed by atoms with van der Waals surface area (Å²) in [4.78, 5) is 35.9. The van der Waals surface area contributed by atoms with E-state index in [1.807, 2.05) is 0 Å². The van der Waals surface area contributed by atoms with E-state index in [0.717, 1.165) is 51.0 Å². The molecule has 3 saturated heterocycles. The second-order valence-corrected chi connectivity index (χ2v) is 20.6. The molecular formula is C46H70O20. The van der Waals surface area contributed by atoms with Crippen molar-refractivity contribution in [1.29, 1.82) is 0 Å². The van der Waals surface area contributed by atoms with Crippen LogP contribution in [0.25, 0.3) is 0 Å². The summed E-state index contributed by atoms with van der Waals surface area (Å²) in [5.41, 5.74) is -0.249. The first-order chi connectivity index (χ1) is 31.2. The zero-order valence-corrected chi connectivity index (χ0v) is 38.5. The summed E-state index contributed by atoms with van der Waals surface area (Å²) in [6.07, 6.45) is -12.6. The van der Waals surface area contributed by atoms with Crippen LogP contribution in [-0.2, 0) is 61.8 Å². The van der Waals surface area contributed by atoms with Gasteiger partial charge in [-0.05, 0) is 99.4 Å². The van der Waals surface area contributed by atoms with Gasteiger partial charge in [-0.2, -0.15) is 0 Å². The maximum absolute atomic E-state index is 12.6. The van der Waals surface area contributed by atoms with Crippen molar-refractivity contribution in [2.75, 3.05) is 26.9 Å². The first-order valence-electron chi connectivity index (χ1n) is 23.6. The summed E-state index contributed by atoms with van der Waals surface area (Å²) in [5, 5.41) is 78.2. The van der Waals surface area contributed by atoms with Gasteiger partial charge >= 0.3 is 17.9 Å². The summed E-state index contributed by atoms with van der Waals surface area (Å²) < 4.78 is 57.5.